The Bertz CT molecular complexity index is 1730. The number of halogens is 1. The van der Waals surface area contributed by atoms with E-state index in [9.17, 15) is 0 Å². The molecule has 6 rings (SSSR count). The predicted molar refractivity (Wildman–Crippen MR) is 232 cm³/mol. The molecule has 0 radical (unpaired) electrons. The maximum absolute atomic E-state index is 6.12. The van der Waals surface area contributed by atoms with E-state index in [0.29, 0.717) is 0 Å². The standard InChI is InChI=1S/C28H40NO2P.C16H18INO2/c1-29(2)24-18-12-11-17-23(24)27-25(30-3)19-20-26(31-4)28(27)32(21-13-7-5-8-14-21)22-15-9-6-10-16-22;1-18(2)12-8-6-5-7-11(12)15-13(19-3)9-10-14(20-4)16(15)17/h11-12,17-22H,5-10,13-16H2,1-4H3;5-10H,1-4H3. The molecule has 2 fully saturated rings. The van der Waals surface area contributed by atoms with Crippen LogP contribution in [0.5, 0.6) is 23.0 Å². The molecule has 2 saturated carbocycles. The number of methoxy groups -OCH3 is 4. The lowest BCUT2D eigenvalue weighted by molar-refractivity contribution is 0.402. The summed E-state index contributed by atoms with van der Waals surface area (Å²) in [5, 5.41) is 1.47. The third-order valence-electron chi connectivity index (χ3n) is 10.6. The smallest absolute Gasteiger partial charge is 0.133 e. The van der Waals surface area contributed by atoms with E-state index < -0.39 is 0 Å². The van der Waals surface area contributed by atoms with Crippen molar-refractivity contribution in [2.24, 2.45) is 0 Å². The Balaban J connectivity index is 0.000000225. The summed E-state index contributed by atoms with van der Waals surface area (Å²) in [5.41, 5.74) is 8.73. The largest absolute Gasteiger partial charge is 0.496 e. The van der Waals surface area contributed by atoms with Gasteiger partial charge in [-0.25, -0.2) is 0 Å². The fourth-order valence-electron chi connectivity index (χ4n) is 8.05. The van der Waals surface area contributed by atoms with Gasteiger partial charge in [-0.2, -0.15) is 0 Å². The highest BCUT2D eigenvalue weighted by molar-refractivity contribution is 14.1. The molecule has 0 unspecified atom stereocenters. The molecule has 2 aliphatic carbocycles. The minimum atomic E-state index is -0.340. The summed E-state index contributed by atoms with van der Waals surface area (Å²) in [5.74, 6) is 3.75. The molecule has 0 N–H and O–H groups in total. The average molecular weight is 837 g/mol. The normalized spacial score (nSPS) is 15.0. The summed E-state index contributed by atoms with van der Waals surface area (Å²) in [7, 11) is 15.1. The molecule has 4 aromatic carbocycles. The van der Waals surface area contributed by atoms with E-state index in [0.717, 1.165) is 54.7 Å². The van der Waals surface area contributed by atoms with Crippen LogP contribution in [0.2, 0.25) is 0 Å². The van der Waals surface area contributed by atoms with Gasteiger partial charge in [-0.3, -0.25) is 0 Å². The van der Waals surface area contributed by atoms with Crippen molar-refractivity contribution in [3.63, 3.8) is 0 Å². The lowest BCUT2D eigenvalue weighted by atomic mass is 9.99. The molecule has 2 aliphatic rings. The van der Waals surface area contributed by atoms with Gasteiger partial charge < -0.3 is 28.7 Å². The average Bonchev–Trinajstić information content (AvgIpc) is 3.18. The van der Waals surface area contributed by atoms with Crippen molar-refractivity contribution in [3.8, 4) is 45.3 Å². The van der Waals surface area contributed by atoms with Gasteiger partial charge in [-0.05, 0) is 96.0 Å². The van der Waals surface area contributed by atoms with Gasteiger partial charge >= 0.3 is 0 Å². The summed E-state index contributed by atoms with van der Waals surface area (Å²) in [6, 6.07) is 25.2. The van der Waals surface area contributed by atoms with Crippen molar-refractivity contribution >= 4 is 47.2 Å². The van der Waals surface area contributed by atoms with Gasteiger partial charge in [0.1, 0.15) is 23.0 Å². The summed E-state index contributed by atoms with van der Waals surface area (Å²) >= 11 is 2.31. The van der Waals surface area contributed by atoms with Crippen LogP contribution in [0.4, 0.5) is 11.4 Å². The Labute approximate surface area is 328 Å². The molecular weight excluding hydrogens is 778 g/mol. The molecule has 52 heavy (non-hydrogen) atoms. The molecule has 8 heteroatoms. The molecule has 0 bridgehead atoms. The van der Waals surface area contributed by atoms with Crippen LogP contribution in [0.25, 0.3) is 22.3 Å². The highest BCUT2D eigenvalue weighted by atomic mass is 127. The highest BCUT2D eigenvalue weighted by Gasteiger charge is 2.37. The highest BCUT2D eigenvalue weighted by Crippen LogP contribution is 2.59. The molecular formula is C44H58IN2O4P. The molecule has 0 aromatic heterocycles. The first-order valence-electron chi connectivity index (χ1n) is 18.7. The number of hydrogen-bond acceptors (Lipinski definition) is 6. The van der Waals surface area contributed by atoms with Crippen molar-refractivity contribution in [3.05, 3.63) is 76.4 Å². The molecule has 4 aromatic rings. The summed E-state index contributed by atoms with van der Waals surface area (Å²) in [6.07, 6.45) is 13.8. The SMILES string of the molecule is COc1ccc(OC)c(-c2ccccc2N(C)C)c1I.COc1ccc(OC)c(P(C2CCCCC2)C2CCCCC2)c1-c1ccccc1N(C)C. The molecule has 0 heterocycles. The fourth-order valence-corrected chi connectivity index (χ4v) is 13.1. The molecule has 6 nitrogen and oxygen atoms in total. The first kappa shape index (κ1) is 40.0. The third-order valence-corrected chi connectivity index (χ3v) is 15.2. The molecule has 0 spiro atoms. The number of para-hydroxylation sites is 2. The quantitative estimate of drug-likeness (QED) is 0.111. The van der Waals surface area contributed by atoms with E-state index in [2.05, 4.69) is 95.0 Å². The van der Waals surface area contributed by atoms with Crippen molar-refractivity contribution in [2.45, 2.75) is 75.5 Å². The number of ether oxygens (including phenoxy) is 4. The molecule has 0 aliphatic heterocycles. The Hall–Kier alpha value is -3.16. The number of hydrogen-bond donors (Lipinski definition) is 0. The van der Waals surface area contributed by atoms with Crippen LogP contribution in [0.15, 0.2) is 72.8 Å². The summed E-state index contributed by atoms with van der Waals surface area (Å²) in [6.45, 7) is 0. The minimum Gasteiger partial charge on any atom is -0.496 e. The van der Waals surface area contributed by atoms with Crippen molar-refractivity contribution < 1.29 is 18.9 Å². The Kier molecular flexibility index (Phi) is 14.8. The predicted octanol–water partition coefficient (Wildman–Crippen LogP) is 11.3. The molecule has 0 saturated heterocycles. The fraction of sp³-hybridized carbons (Fsp3) is 0.455. The van der Waals surface area contributed by atoms with Crippen LogP contribution < -0.4 is 34.1 Å². The minimum absolute atomic E-state index is 0.340. The van der Waals surface area contributed by atoms with Crippen LogP contribution in [-0.2, 0) is 0 Å². The van der Waals surface area contributed by atoms with Gasteiger partial charge in [0, 0.05) is 67.1 Å². The monoisotopic (exact) mass is 836 g/mol. The van der Waals surface area contributed by atoms with E-state index in [1.807, 2.05) is 52.6 Å². The van der Waals surface area contributed by atoms with Crippen LogP contribution in [-0.4, -0.2) is 67.9 Å². The van der Waals surface area contributed by atoms with E-state index in [-0.39, 0.29) is 7.92 Å². The zero-order valence-electron chi connectivity index (χ0n) is 32.5. The third kappa shape index (κ3) is 8.95. The summed E-state index contributed by atoms with van der Waals surface area (Å²) in [4.78, 5) is 4.33. The first-order valence-corrected chi connectivity index (χ1v) is 21.3. The lowest BCUT2D eigenvalue weighted by Gasteiger charge is -2.40. The van der Waals surface area contributed by atoms with Gasteiger partial charge in [0.15, 0.2) is 0 Å². The second kappa shape index (κ2) is 19.3. The zero-order valence-corrected chi connectivity index (χ0v) is 35.6. The maximum atomic E-state index is 6.12. The van der Waals surface area contributed by atoms with Gasteiger partial charge in [0.05, 0.1) is 32.0 Å². The van der Waals surface area contributed by atoms with Crippen molar-refractivity contribution in [1.29, 1.82) is 0 Å². The number of anilines is 2. The van der Waals surface area contributed by atoms with E-state index in [1.165, 1.54) is 86.3 Å². The van der Waals surface area contributed by atoms with Gasteiger partial charge in [0.25, 0.3) is 0 Å². The van der Waals surface area contributed by atoms with Gasteiger partial charge in [-0.15, -0.1) is 0 Å². The van der Waals surface area contributed by atoms with Crippen LogP contribution >= 0.6 is 30.5 Å². The van der Waals surface area contributed by atoms with Crippen LogP contribution in [0, 0.1) is 3.57 Å². The van der Waals surface area contributed by atoms with Crippen molar-refractivity contribution in [1.82, 2.24) is 0 Å². The van der Waals surface area contributed by atoms with Crippen molar-refractivity contribution in [2.75, 3.05) is 66.4 Å². The summed E-state index contributed by atoms with van der Waals surface area (Å²) < 4.78 is 24.2. The number of nitrogens with zero attached hydrogens (tertiary/aromatic N) is 2. The molecule has 0 amide bonds. The van der Waals surface area contributed by atoms with Gasteiger partial charge in [-0.1, -0.05) is 82.8 Å². The number of benzene rings is 4. The Morgan fingerprint density at radius 3 is 1.33 bits per heavy atom. The first-order chi connectivity index (χ1) is 25.2. The van der Waals surface area contributed by atoms with Crippen LogP contribution in [0.1, 0.15) is 64.2 Å². The van der Waals surface area contributed by atoms with E-state index in [1.54, 1.807) is 14.2 Å². The lowest BCUT2D eigenvalue weighted by Crippen LogP contribution is -2.28. The Morgan fingerprint density at radius 2 is 0.885 bits per heavy atom. The van der Waals surface area contributed by atoms with E-state index >= 15 is 0 Å². The van der Waals surface area contributed by atoms with E-state index in [4.69, 9.17) is 18.9 Å². The second-order valence-corrected chi connectivity index (χ2v) is 18.0. The maximum Gasteiger partial charge on any atom is 0.133 e. The Morgan fingerprint density at radius 1 is 0.500 bits per heavy atom. The number of rotatable bonds is 11. The zero-order chi connectivity index (χ0) is 37.2. The second-order valence-electron chi connectivity index (χ2n) is 14.2. The topological polar surface area (TPSA) is 43.4 Å². The molecule has 0 atom stereocenters. The van der Waals surface area contributed by atoms with Crippen LogP contribution in [0.3, 0.4) is 0 Å². The molecule has 280 valence electrons. The van der Waals surface area contributed by atoms with Gasteiger partial charge in [0.2, 0.25) is 0 Å².